The third-order valence-electron chi connectivity index (χ3n) is 3.59. The van der Waals surface area contributed by atoms with Gasteiger partial charge in [-0.15, -0.1) is 11.8 Å². The fourth-order valence-electron chi connectivity index (χ4n) is 2.17. The maximum absolute atomic E-state index is 12.2. The highest BCUT2D eigenvalue weighted by atomic mass is 32.2. The molecule has 0 aliphatic heterocycles. The Labute approximate surface area is 146 Å². The van der Waals surface area contributed by atoms with E-state index < -0.39 is 0 Å². The zero-order valence-electron chi connectivity index (χ0n) is 14.0. The largest absolute Gasteiger partial charge is 0.496 e. The van der Waals surface area contributed by atoms with E-state index in [1.54, 1.807) is 19.2 Å². The Hall–Kier alpha value is -2.27. The predicted molar refractivity (Wildman–Crippen MR) is 98.8 cm³/mol. The standard InChI is InChI=1S/C19H21NO3S/c1-13(21)15-9-10-18(23-3)16(11-15)12-24-14(2)19(22)20-17-7-5-4-6-8-17/h4-11,14H,12H2,1-3H3,(H,20,22). The molecule has 126 valence electrons. The number of nitrogens with one attached hydrogen (secondary N) is 1. The van der Waals surface area contributed by atoms with Crippen molar-refractivity contribution in [2.24, 2.45) is 0 Å². The molecule has 1 amide bonds. The van der Waals surface area contributed by atoms with Crippen LogP contribution in [0.4, 0.5) is 5.69 Å². The van der Waals surface area contributed by atoms with Gasteiger partial charge in [0.1, 0.15) is 5.75 Å². The summed E-state index contributed by atoms with van der Waals surface area (Å²) in [5.41, 5.74) is 2.34. The number of hydrogen-bond donors (Lipinski definition) is 1. The molecule has 1 atom stereocenters. The lowest BCUT2D eigenvalue weighted by Crippen LogP contribution is -2.22. The van der Waals surface area contributed by atoms with E-state index in [1.165, 1.54) is 18.7 Å². The van der Waals surface area contributed by atoms with Crippen molar-refractivity contribution in [2.45, 2.75) is 24.9 Å². The number of hydrogen-bond acceptors (Lipinski definition) is 4. The molecule has 4 nitrogen and oxygen atoms in total. The quantitative estimate of drug-likeness (QED) is 0.767. The fraction of sp³-hybridized carbons (Fsp3) is 0.263. The Balaban J connectivity index is 2.00. The Bertz CT molecular complexity index is 716. The molecule has 0 aliphatic rings. The van der Waals surface area contributed by atoms with E-state index in [4.69, 9.17) is 4.74 Å². The molecule has 2 aromatic rings. The second-order valence-electron chi connectivity index (χ2n) is 5.39. The van der Waals surface area contributed by atoms with Gasteiger partial charge in [-0.25, -0.2) is 0 Å². The van der Waals surface area contributed by atoms with Crippen molar-refractivity contribution >= 4 is 29.1 Å². The third kappa shape index (κ3) is 4.86. The Morgan fingerprint density at radius 3 is 2.50 bits per heavy atom. The van der Waals surface area contributed by atoms with Crippen LogP contribution < -0.4 is 10.1 Å². The second kappa shape index (κ2) is 8.55. The lowest BCUT2D eigenvalue weighted by molar-refractivity contribution is -0.115. The van der Waals surface area contributed by atoms with E-state index >= 15 is 0 Å². The molecule has 0 spiro atoms. The van der Waals surface area contributed by atoms with E-state index in [1.807, 2.05) is 43.3 Å². The molecule has 24 heavy (non-hydrogen) atoms. The molecular formula is C19H21NO3S. The number of para-hydroxylation sites is 1. The number of ether oxygens (including phenoxy) is 1. The number of benzene rings is 2. The number of rotatable bonds is 7. The first-order valence-electron chi connectivity index (χ1n) is 7.66. The molecule has 0 aromatic heterocycles. The Kier molecular flexibility index (Phi) is 6.44. The number of thioether (sulfide) groups is 1. The summed E-state index contributed by atoms with van der Waals surface area (Å²) >= 11 is 1.50. The third-order valence-corrected chi connectivity index (χ3v) is 4.78. The van der Waals surface area contributed by atoms with Crippen LogP contribution >= 0.6 is 11.8 Å². The number of amides is 1. The zero-order chi connectivity index (χ0) is 17.5. The van der Waals surface area contributed by atoms with Crippen molar-refractivity contribution in [2.75, 3.05) is 12.4 Å². The van der Waals surface area contributed by atoms with Crippen LogP contribution in [0.1, 0.15) is 29.8 Å². The molecule has 0 bridgehead atoms. The summed E-state index contributed by atoms with van der Waals surface area (Å²) in [6.07, 6.45) is 0. The average molecular weight is 343 g/mol. The number of ketones is 1. The Morgan fingerprint density at radius 2 is 1.88 bits per heavy atom. The first-order valence-corrected chi connectivity index (χ1v) is 8.71. The lowest BCUT2D eigenvalue weighted by Gasteiger charge is -2.14. The van der Waals surface area contributed by atoms with Gasteiger partial charge in [0.2, 0.25) is 5.91 Å². The van der Waals surface area contributed by atoms with E-state index in [2.05, 4.69) is 5.32 Å². The van der Waals surface area contributed by atoms with Gasteiger partial charge >= 0.3 is 0 Å². The van der Waals surface area contributed by atoms with Gasteiger partial charge in [-0.1, -0.05) is 18.2 Å². The van der Waals surface area contributed by atoms with Crippen molar-refractivity contribution in [3.05, 3.63) is 59.7 Å². The van der Waals surface area contributed by atoms with Crippen LogP contribution in [0.5, 0.6) is 5.75 Å². The fourth-order valence-corrected chi connectivity index (χ4v) is 3.03. The zero-order valence-corrected chi connectivity index (χ0v) is 14.9. The summed E-state index contributed by atoms with van der Waals surface area (Å²) < 4.78 is 5.34. The number of carbonyl (C=O) groups excluding carboxylic acids is 2. The molecule has 5 heteroatoms. The van der Waals surface area contributed by atoms with E-state index in [-0.39, 0.29) is 16.9 Å². The number of methoxy groups -OCH3 is 1. The summed E-state index contributed by atoms with van der Waals surface area (Å²) in [6, 6.07) is 14.8. The normalized spacial score (nSPS) is 11.6. The van der Waals surface area contributed by atoms with Gasteiger partial charge in [-0.05, 0) is 44.2 Å². The minimum absolute atomic E-state index is 0.0128. The molecule has 1 N–H and O–H groups in total. The van der Waals surface area contributed by atoms with Gasteiger partial charge in [0.15, 0.2) is 5.78 Å². The highest BCUT2D eigenvalue weighted by Gasteiger charge is 2.15. The molecular weight excluding hydrogens is 322 g/mol. The summed E-state index contributed by atoms with van der Waals surface area (Å²) in [4.78, 5) is 23.8. The molecule has 2 aromatic carbocycles. The van der Waals surface area contributed by atoms with Crippen LogP contribution in [0.25, 0.3) is 0 Å². The van der Waals surface area contributed by atoms with E-state index in [9.17, 15) is 9.59 Å². The van der Waals surface area contributed by atoms with Crippen molar-refractivity contribution in [3.8, 4) is 5.75 Å². The minimum Gasteiger partial charge on any atom is -0.496 e. The van der Waals surface area contributed by atoms with Crippen molar-refractivity contribution in [3.63, 3.8) is 0 Å². The maximum Gasteiger partial charge on any atom is 0.237 e. The lowest BCUT2D eigenvalue weighted by atomic mass is 10.1. The summed E-state index contributed by atoms with van der Waals surface area (Å²) in [6.45, 7) is 3.40. The first-order chi connectivity index (χ1) is 11.5. The monoisotopic (exact) mass is 343 g/mol. The predicted octanol–water partition coefficient (Wildman–Crippen LogP) is 4.16. The number of anilines is 1. The maximum atomic E-state index is 12.2. The summed E-state index contributed by atoms with van der Waals surface area (Å²) in [5.74, 6) is 1.28. The van der Waals surface area contributed by atoms with Crippen molar-refractivity contribution < 1.29 is 14.3 Å². The van der Waals surface area contributed by atoms with Crippen LogP contribution in [0.3, 0.4) is 0 Å². The molecule has 0 heterocycles. The average Bonchev–Trinajstić information content (AvgIpc) is 2.60. The molecule has 2 rings (SSSR count). The number of carbonyl (C=O) groups is 2. The molecule has 0 aliphatic carbocycles. The number of Topliss-reactive ketones (excluding diaryl/α,β-unsaturated/α-hetero) is 1. The van der Waals surface area contributed by atoms with Crippen LogP contribution in [0, 0.1) is 0 Å². The molecule has 0 radical (unpaired) electrons. The van der Waals surface area contributed by atoms with E-state index in [0.717, 1.165) is 17.0 Å². The highest BCUT2D eigenvalue weighted by molar-refractivity contribution is 7.99. The van der Waals surface area contributed by atoms with Gasteiger partial charge in [-0.2, -0.15) is 0 Å². The van der Waals surface area contributed by atoms with Crippen LogP contribution in [-0.2, 0) is 10.5 Å². The van der Waals surface area contributed by atoms with Crippen LogP contribution in [0.2, 0.25) is 0 Å². The first kappa shape index (κ1) is 18.1. The minimum atomic E-state index is -0.226. The van der Waals surface area contributed by atoms with Crippen LogP contribution in [0.15, 0.2) is 48.5 Å². The molecule has 0 saturated heterocycles. The Morgan fingerprint density at radius 1 is 1.17 bits per heavy atom. The second-order valence-corrected chi connectivity index (χ2v) is 6.72. The van der Waals surface area contributed by atoms with Crippen LogP contribution in [-0.4, -0.2) is 24.1 Å². The highest BCUT2D eigenvalue weighted by Crippen LogP contribution is 2.27. The van der Waals surface area contributed by atoms with Crippen molar-refractivity contribution in [1.29, 1.82) is 0 Å². The van der Waals surface area contributed by atoms with Gasteiger partial charge < -0.3 is 10.1 Å². The van der Waals surface area contributed by atoms with Crippen molar-refractivity contribution in [1.82, 2.24) is 0 Å². The smallest absolute Gasteiger partial charge is 0.237 e. The van der Waals surface area contributed by atoms with Gasteiger partial charge in [0.25, 0.3) is 0 Å². The molecule has 0 saturated carbocycles. The van der Waals surface area contributed by atoms with Gasteiger partial charge in [-0.3, -0.25) is 9.59 Å². The SMILES string of the molecule is COc1ccc(C(C)=O)cc1CSC(C)C(=O)Nc1ccccc1. The van der Waals surface area contributed by atoms with Gasteiger partial charge in [0, 0.05) is 22.6 Å². The molecule has 1 unspecified atom stereocenters. The molecule has 0 fully saturated rings. The topological polar surface area (TPSA) is 55.4 Å². The van der Waals surface area contributed by atoms with Gasteiger partial charge in [0.05, 0.1) is 12.4 Å². The summed E-state index contributed by atoms with van der Waals surface area (Å²) in [5, 5.41) is 2.67. The summed E-state index contributed by atoms with van der Waals surface area (Å²) in [7, 11) is 1.60. The van der Waals surface area contributed by atoms with E-state index in [0.29, 0.717) is 11.3 Å².